The quantitative estimate of drug-likeness (QED) is 0.312. The van der Waals surface area contributed by atoms with Crippen molar-refractivity contribution in [2.24, 2.45) is 0 Å². The van der Waals surface area contributed by atoms with E-state index in [4.69, 9.17) is 13.0 Å². The molecule has 0 amide bonds. The van der Waals surface area contributed by atoms with Crippen LogP contribution in [0.15, 0.2) is 0 Å². The topological polar surface area (TPSA) is 85.9 Å². The molecule has 0 fully saturated rings. The molecule has 4 nitrogen and oxygen atoms in total. The van der Waals surface area contributed by atoms with Crippen molar-refractivity contribution in [1.29, 1.82) is 0 Å². The average Bonchev–Trinajstić information content (AvgIpc) is 1.25. The summed E-state index contributed by atoms with van der Waals surface area (Å²) in [6.45, 7) is 0. The fourth-order valence-electron chi connectivity index (χ4n) is 0. The van der Waals surface area contributed by atoms with Crippen LogP contribution in [-0.2, 0) is 10.1 Å². The summed E-state index contributed by atoms with van der Waals surface area (Å²) in [6, 6.07) is 0. The van der Waals surface area contributed by atoms with Crippen LogP contribution in [0.2, 0.25) is 0 Å². The summed E-state index contributed by atoms with van der Waals surface area (Å²) in [4.78, 5) is 0. The van der Waals surface area contributed by atoms with Crippen LogP contribution < -0.4 is 0 Å². The number of alkyl halides is 3. The van der Waals surface area contributed by atoms with E-state index in [-0.39, 0.29) is 31.7 Å². The van der Waals surface area contributed by atoms with Gasteiger partial charge in [-0.05, 0) is 0 Å². The van der Waals surface area contributed by atoms with Crippen molar-refractivity contribution in [2.45, 2.75) is 5.51 Å². The van der Waals surface area contributed by atoms with E-state index in [2.05, 4.69) is 0 Å². The van der Waals surface area contributed by atoms with Gasteiger partial charge in [0.05, 0.1) is 0 Å². The van der Waals surface area contributed by atoms with Crippen LogP contribution in [0.25, 0.3) is 0 Å². The standard InChI is InChI=1S/CHF3O3S.Bi.H2O.3H/c2-1(3,4)8(5,6)7;;;;;/h(H,5,6,7);;1H2;;;. The van der Waals surface area contributed by atoms with Gasteiger partial charge in [0.1, 0.15) is 0 Å². The first kappa shape index (κ1) is 16.9. The van der Waals surface area contributed by atoms with Gasteiger partial charge in [-0.1, -0.05) is 0 Å². The molecule has 0 aromatic heterocycles. The Hall–Kier alpha value is 0.543. The van der Waals surface area contributed by atoms with E-state index in [1.165, 1.54) is 0 Å². The van der Waals surface area contributed by atoms with Gasteiger partial charge in [0, 0.05) is 0 Å². The molecule has 0 aliphatic rings. The summed E-state index contributed by atoms with van der Waals surface area (Å²) < 4.78 is 57.5. The zero-order valence-electron chi connectivity index (χ0n) is 4.51. The SMILES string of the molecule is O.O=S(=O)(O)C(F)(F)F.[BiH3]. The van der Waals surface area contributed by atoms with Gasteiger partial charge in [-0.3, -0.25) is 4.55 Å². The summed E-state index contributed by atoms with van der Waals surface area (Å²) in [5.41, 5.74) is -5.53. The third-order valence-corrected chi connectivity index (χ3v) is 0.877. The average molecular weight is 380 g/mol. The maximum absolute atomic E-state index is 10.7. The van der Waals surface area contributed by atoms with Gasteiger partial charge in [-0.25, -0.2) is 0 Å². The number of hydrogen-bond acceptors (Lipinski definition) is 2. The van der Waals surface area contributed by atoms with Gasteiger partial charge in [0.25, 0.3) is 0 Å². The first-order valence-electron chi connectivity index (χ1n) is 1.29. The Bertz CT molecular complexity index is 169. The Morgan fingerprint density at radius 3 is 1.30 bits per heavy atom. The predicted molar refractivity (Wildman–Crippen MR) is 31.2 cm³/mol. The van der Waals surface area contributed by atoms with Crippen LogP contribution >= 0.6 is 0 Å². The van der Waals surface area contributed by atoms with Crippen LogP contribution in [0.1, 0.15) is 0 Å². The monoisotopic (exact) mass is 380 g/mol. The molecule has 0 heterocycles. The van der Waals surface area contributed by atoms with E-state index in [0.717, 1.165) is 0 Å². The third-order valence-electron chi connectivity index (χ3n) is 0.292. The molecule has 0 saturated heterocycles. The van der Waals surface area contributed by atoms with Gasteiger partial charge in [0.2, 0.25) is 0 Å². The number of hydrogen-bond donors (Lipinski definition) is 1. The fraction of sp³-hybridized carbons (Fsp3) is 1.00. The Labute approximate surface area is 73.6 Å². The molecule has 0 radical (unpaired) electrons. The van der Waals surface area contributed by atoms with Crippen LogP contribution in [-0.4, -0.2) is 50.2 Å². The second-order valence-electron chi connectivity index (χ2n) is 0.921. The summed E-state index contributed by atoms with van der Waals surface area (Å²) in [5, 5.41) is 0. The van der Waals surface area contributed by atoms with Gasteiger partial charge in [-0.15, -0.1) is 0 Å². The summed E-state index contributed by atoms with van der Waals surface area (Å²) in [7, 11) is -5.84. The molecule has 3 N–H and O–H groups in total. The van der Waals surface area contributed by atoms with Crippen LogP contribution in [0, 0.1) is 0 Å². The molecule has 9 heteroatoms. The van der Waals surface area contributed by atoms with E-state index < -0.39 is 15.6 Å². The molecule has 66 valence electrons. The van der Waals surface area contributed by atoms with Gasteiger partial charge < -0.3 is 5.48 Å². The first-order chi connectivity index (χ1) is 3.25. The first-order valence-corrected chi connectivity index (χ1v) is 2.73. The molecular weight excluding hydrogens is 374 g/mol. The van der Waals surface area contributed by atoms with Crippen molar-refractivity contribution >= 4 is 36.3 Å². The van der Waals surface area contributed by atoms with Gasteiger partial charge in [0.15, 0.2) is 0 Å². The van der Waals surface area contributed by atoms with Crippen molar-refractivity contribution in [3.8, 4) is 0 Å². The van der Waals surface area contributed by atoms with E-state index in [9.17, 15) is 13.2 Å². The van der Waals surface area contributed by atoms with Crippen molar-refractivity contribution in [1.82, 2.24) is 0 Å². The fourth-order valence-corrected chi connectivity index (χ4v) is 0. The molecule has 0 bridgehead atoms. The molecule has 0 saturated carbocycles. The Balaban J connectivity index is -0.000000245. The molecule has 0 spiro atoms. The molecule has 0 aromatic carbocycles. The van der Waals surface area contributed by atoms with E-state index in [1.54, 1.807) is 0 Å². The van der Waals surface area contributed by atoms with Crippen molar-refractivity contribution in [3.05, 3.63) is 0 Å². The normalized spacial score (nSPS) is 11.2. The second-order valence-corrected chi connectivity index (χ2v) is 2.33. The van der Waals surface area contributed by atoms with Crippen LogP contribution in [0.4, 0.5) is 13.2 Å². The zero-order chi connectivity index (χ0) is 7.00. The molecule has 0 unspecified atom stereocenters. The molecule has 0 aromatic rings. The van der Waals surface area contributed by atoms with E-state index in [0.29, 0.717) is 0 Å². The summed E-state index contributed by atoms with van der Waals surface area (Å²) >= 11 is 0. The maximum atomic E-state index is 10.7. The summed E-state index contributed by atoms with van der Waals surface area (Å²) in [5.74, 6) is 0. The van der Waals surface area contributed by atoms with Crippen molar-refractivity contribution in [2.75, 3.05) is 0 Å². The minimum absolute atomic E-state index is 0. The molecule has 0 aliphatic carbocycles. The second kappa shape index (κ2) is 4.43. The molecular formula is CH6BiF3O4S. The minimum atomic E-state index is -5.84. The predicted octanol–water partition coefficient (Wildman–Crippen LogP) is -1.61. The summed E-state index contributed by atoms with van der Waals surface area (Å²) in [6.07, 6.45) is 0. The van der Waals surface area contributed by atoms with E-state index in [1.807, 2.05) is 0 Å². The molecule has 10 heavy (non-hydrogen) atoms. The van der Waals surface area contributed by atoms with Gasteiger partial charge in [-0.2, -0.15) is 21.6 Å². The Morgan fingerprint density at radius 2 is 1.30 bits per heavy atom. The van der Waals surface area contributed by atoms with Crippen molar-refractivity contribution in [3.63, 3.8) is 0 Å². The van der Waals surface area contributed by atoms with Crippen molar-refractivity contribution < 1.29 is 31.6 Å². The Morgan fingerprint density at radius 1 is 1.20 bits per heavy atom. The molecule has 0 atom stereocenters. The number of rotatable bonds is 0. The van der Waals surface area contributed by atoms with Crippen LogP contribution in [0.5, 0.6) is 0 Å². The van der Waals surface area contributed by atoms with E-state index >= 15 is 0 Å². The molecule has 0 rings (SSSR count). The zero-order valence-corrected chi connectivity index (χ0v) is 10.8. The number of halogens is 3. The third kappa shape index (κ3) is 5.34. The van der Waals surface area contributed by atoms with Gasteiger partial charge >= 0.3 is 41.8 Å². The van der Waals surface area contributed by atoms with Crippen LogP contribution in [0.3, 0.4) is 0 Å². The Kier molecular flexibility index (Phi) is 7.47. The molecule has 0 aliphatic heterocycles.